The highest BCUT2D eigenvalue weighted by atomic mass is 16.2. The summed E-state index contributed by atoms with van der Waals surface area (Å²) in [5.74, 6) is 0.657. The molecule has 0 bridgehead atoms. The first kappa shape index (κ1) is 13.1. The molecule has 6 nitrogen and oxygen atoms in total. The quantitative estimate of drug-likeness (QED) is 0.672. The lowest BCUT2D eigenvalue weighted by Gasteiger charge is -2.13. The Morgan fingerprint density at radius 1 is 1.47 bits per heavy atom. The molecular weight excluding hydrogens is 218 g/mol. The number of carbonyl (C=O) groups is 1. The second-order valence-electron chi connectivity index (χ2n) is 3.94. The molecule has 17 heavy (non-hydrogen) atoms. The van der Waals surface area contributed by atoms with E-state index in [9.17, 15) is 4.79 Å². The Hall–Kier alpha value is -1.98. The summed E-state index contributed by atoms with van der Waals surface area (Å²) in [5, 5.41) is 5.82. The van der Waals surface area contributed by atoms with Crippen molar-refractivity contribution in [1.82, 2.24) is 15.2 Å². The van der Waals surface area contributed by atoms with Gasteiger partial charge in [-0.3, -0.25) is 0 Å². The number of hydrogen-bond donors (Lipinski definition) is 3. The first-order chi connectivity index (χ1) is 8.02. The number of aryl methyl sites for hydroxylation is 1. The lowest BCUT2D eigenvalue weighted by molar-refractivity contribution is 0.218. The number of carbonyl (C=O) groups excluding carboxylic acids is 1. The van der Waals surface area contributed by atoms with Crippen LogP contribution < -0.4 is 16.4 Å². The maximum atomic E-state index is 11.2. The van der Waals surface area contributed by atoms with Crippen LogP contribution in [-0.2, 0) is 0 Å². The number of anilines is 2. The second kappa shape index (κ2) is 5.93. The molecule has 0 saturated carbocycles. The molecule has 0 atom stereocenters. The van der Waals surface area contributed by atoms with Crippen molar-refractivity contribution in [2.75, 3.05) is 38.2 Å². The fraction of sp³-hybridized carbons (Fsp3) is 0.455. The summed E-state index contributed by atoms with van der Waals surface area (Å²) in [4.78, 5) is 16.8. The standard InChI is InChI=1S/C11H19N5O/c1-8-4-5-13-10(9(8)12)14-6-7-15-11(17)16(2)3/h4-5H,6-7,12H2,1-3H3,(H,13,14)(H,15,17). The van der Waals surface area contributed by atoms with Gasteiger partial charge in [0.1, 0.15) is 5.82 Å². The Bertz CT molecular complexity index is 391. The van der Waals surface area contributed by atoms with E-state index in [2.05, 4.69) is 15.6 Å². The average Bonchev–Trinajstić information content (AvgIpc) is 2.29. The van der Waals surface area contributed by atoms with Crippen molar-refractivity contribution in [3.63, 3.8) is 0 Å². The Balaban J connectivity index is 2.36. The van der Waals surface area contributed by atoms with Crippen LogP contribution in [0.3, 0.4) is 0 Å². The summed E-state index contributed by atoms with van der Waals surface area (Å²) in [7, 11) is 3.39. The Morgan fingerprint density at radius 2 is 2.18 bits per heavy atom. The number of amides is 2. The van der Waals surface area contributed by atoms with E-state index in [0.29, 0.717) is 24.6 Å². The van der Waals surface area contributed by atoms with Gasteiger partial charge in [0.05, 0.1) is 5.69 Å². The number of rotatable bonds is 4. The summed E-state index contributed by atoms with van der Waals surface area (Å²) in [6.45, 7) is 3.03. The molecule has 4 N–H and O–H groups in total. The minimum absolute atomic E-state index is 0.114. The van der Waals surface area contributed by atoms with Crippen LogP contribution in [0.25, 0.3) is 0 Å². The van der Waals surface area contributed by atoms with Gasteiger partial charge < -0.3 is 21.3 Å². The summed E-state index contributed by atoms with van der Waals surface area (Å²) in [6, 6.07) is 1.74. The van der Waals surface area contributed by atoms with Gasteiger partial charge in [0, 0.05) is 33.4 Å². The minimum atomic E-state index is -0.114. The van der Waals surface area contributed by atoms with Gasteiger partial charge >= 0.3 is 6.03 Å². The maximum absolute atomic E-state index is 11.2. The van der Waals surface area contributed by atoms with Crippen LogP contribution in [0, 0.1) is 6.92 Å². The highest BCUT2D eigenvalue weighted by Crippen LogP contribution is 2.17. The van der Waals surface area contributed by atoms with E-state index in [1.54, 1.807) is 20.3 Å². The molecule has 1 heterocycles. The molecule has 94 valence electrons. The minimum Gasteiger partial charge on any atom is -0.396 e. The molecule has 0 aliphatic carbocycles. The zero-order valence-electron chi connectivity index (χ0n) is 10.4. The third-order valence-electron chi connectivity index (χ3n) is 2.31. The predicted octanol–water partition coefficient (Wildman–Crippen LogP) is 0.655. The van der Waals surface area contributed by atoms with Gasteiger partial charge in [0.2, 0.25) is 0 Å². The van der Waals surface area contributed by atoms with Crippen LogP contribution in [-0.4, -0.2) is 43.1 Å². The normalized spacial score (nSPS) is 9.82. The molecule has 1 rings (SSSR count). The van der Waals surface area contributed by atoms with Crippen molar-refractivity contribution < 1.29 is 4.79 Å². The first-order valence-corrected chi connectivity index (χ1v) is 5.42. The number of urea groups is 1. The first-order valence-electron chi connectivity index (χ1n) is 5.42. The van der Waals surface area contributed by atoms with Gasteiger partial charge in [-0.05, 0) is 18.6 Å². The molecule has 0 aromatic carbocycles. The molecule has 6 heteroatoms. The zero-order valence-corrected chi connectivity index (χ0v) is 10.4. The van der Waals surface area contributed by atoms with E-state index >= 15 is 0 Å². The number of nitrogens with zero attached hydrogens (tertiary/aromatic N) is 2. The van der Waals surface area contributed by atoms with Crippen LogP contribution in [0.2, 0.25) is 0 Å². The van der Waals surface area contributed by atoms with E-state index < -0.39 is 0 Å². The molecule has 0 saturated heterocycles. The molecule has 1 aromatic rings. The van der Waals surface area contributed by atoms with E-state index in [0.717, 1.165) is 5.56 Å². The zero-order chi connectivity index (χ0) is 12.8. The molecule has 0 fully saturated rings. The van der Waals surface area contributed by atoms with E-state index in [1.165, 1.54) is 4.90 Å². The number of nitrogen functional groups attached to an aromatic ring is 1. The molecule has 2 amide bonds. The van der Waals surface area contributed by atoms with Crippen LogP contribution in [0.1, 0.15) is 5.56 Å². The van der Waals surface area contributed by atoms with Gasteiger partial charge in [-0.25, -0.2) is 9.78 Å². The lowest BCUT2D eigenvalue weighted by Crippen LogP contribution is -2.37. The van der Waals surface area contributed by atoms with Gasteiger partial charge in [-0.2, -0.15) is 0 Å². The van der Waals surface area contributed by atoms with Crippen LogP contribution in [0.5, 0.6) is 0 Å². The van der Waals surface area contributed by atoms with Gasteiger partial charge in [0.25, 0.3) is 0 Å². The molecule has 0 radical (unpaired) electrons. The third-order valence-corrected chi connectivity index (χ3v) is 2.31. The number of hydrogen-bond acceptors (Lipinski definition) is 4. The topological polar surface area (TPSA) is 83.3 Å². The average molecular weight is 237 g/mol. The van der Waals surface area contributed by atoms with Crippen molar-refractivity contribution in [2.45, 2.75) is 6.92 Å². The fourth-order valence-corrected chi connectivity index (χ4v) is 1.22. The van der Waals surface area contributed by atoms with Crippen LogP contribution in [0.15, 0.2) is 12.3 Å². The smallest absolute Gasteiger partial charge is 0.316 e. The summed E-state index contributed by atoms with van der Waals surface area (Å²) < 4.78 is 0. The summed E-state index contributed by atoms with van der Waals surface area (Å²) in [6.07, 6.45) is 1.70. The second-order valence-corrected chi connectivity index (χ2v) is 3.94. The van der Waals surface area contributed by atoms with Crippen molar-refractivity contribution in [3.05, 3.63) is 17.8 Å². The van der Waals surface area contributed by atoms with E-state index in [-0.39, 0.29) is 6.03 Å². The molecule has 0 aliphatic heterocycles. The predicted molar refractivity (Wildman–Crippen MR) is 69.0 cm³/mol. The molecule has 1 aromatic heterocycles. The van der Waals surface area contributed by atoms with Gasteiger partial charge in [-0.1, -0.05) is 0 Å². The Kier molecular flexibility index (Phi) is 4.56. The van der Waals surface area contributed by atoms with Crippen LogP contribution in [0.4, 0.5) is 16.3 Å². The van der Waals surface area contributed by atoms with Crippen molar-refractivity contribution in [2.24, 2.45) is 0 Å². The number of nitrogens with one attached hydrogen (secondary N) is 2. The van der Waals surface area contributed by atoms with Gasteiger partial charge in [0.15, 0.2) is 0 Å². The largest absolute Gasteiger partial charge is 0.396 e. The number of nitrogens with two attached hydrogens (primary N) is 1. The highest BCUT2D eigenvalue weighted by molar-refractivity contribution is 5.73. The third kappa shape index (κ3) is 3.82. The summed E-state index contributed by atoms with van der Waals surface area (Å²) in [5.41, 5.74) is 7.48. The van der Waals surface area contributed by atoms with E-state index in [4.69, 9.17) is 5.73 Å². The maximum Gasteiger partial charge on any atom is 0.316 e. The van der Waals surface area contributed by atoms with Gasteiger partial charge in [-0.15, -0.1) is 0 Å². The molecule has 0 spiro atoms. The van der Waals surface area contributed by atoms with Crippen molar-refractivity contribution in [3.8, 4) is 0 Å². The molecule has 0 aliphatic rings. The highest BCUT2D eigenvalue weighted by Gasteiger charge is 2.03. The SMILES string of the molecule is Cc1ccnc(NCCNC(=O)N(C)C)c1N. The number of aromatic nitrogens is 1. The molecular formula is C11H19N5O. The van der Waals surface area contributed by atoms with E-state index in [1.807, 2.05) is 13.0 Å². The Labute approximate surface area is 101 Å². The van der Waals surface area contributed by atoms with Crippen molar-refractivity contribution in [1.29, 1.82) is 0 Å². The fourth-order valence-electron chi connectivity index (χ4n) is 1.22. The van der Waals surface area contributed by atoms with Crippen LogP contribution >= 0.6 is 0 Å². The van der Waals surface area contributed by atoms with Crippen molar-refractivity contribution >= 4 is 17.5 Å². The monoisotopic (exact) mass is 237 g/mol. The summed E-state index contributed by atoms with van der Waals surface area (Å²) >= 11 is 0. The number of pyridine rings is 1. The lowest BCUT2D eigenvalue weighted by atomic mass is 10.2. The molecule has 0 unspecified atom stereocenters. The Morgan fingerprint density at radius 3 is 2.82 bits per heavy atom.